The third-order valence-corrected chi connectivity index (χ3v) is 2.64. The van der Waals surface area contributed by atoms with E-state index in [1.165, 1.54) is 18.2 Å². The first-order valence-electron chi connectivity index (χ1n) is 5.37. The van der Waals surface area contributed by atoms with Crippen LogP contribution < -0.4 is 10.5 Å². The molecule has 0 aliphatic heterocycles. The molecule has 1 aromatic carbocycles. The summed E-state index contributed by atoms with van der Waals surface area (Å²) >= 11 is 5.92. The van der Waals surface area contributed by atoms with Crippen LogP contribution in [0.15, 0.2) is 47.8 Å². The van der Waals surface area contributed by atoms with Gasteiger partial charge in [0.2, 0.25) is 0 Å². The van der Waals surface area contributed by atoms with E-state index >= 15 is 0 Å². The molecule has 0 saturated heterocycles. The molecule has 0 amide bonds. The third kappa shape index (κ3) is 3.53. The summed E-state index contributed by atoms with van der Waals surface area (Å²) in [5.41, 5.74) is 3.97. The lowest BCUT2D eigenvalue weighted by Crippen LogP contribution is -2.22. The van der Waals surface area contributed by atoms with Crippen LogP contribution in [-0.2, 0) is 0 Å². The van der Waals surface area contributed by atoms with E-state index in [-0.39, 0.29) is 5.56 Å². The molecule has 0 saturated carbocycles. The minimum atomic E-state index is -1.27. The lowest BCUT2D eigenvalue weighted by Gasteiger charge is -2.07. The summed E-state index contributed by atoms with van der Waals surface area (Å²) in [5.74, 6) is -1.27. The molecule has 6 heteroatoms. The molecule has 2 aromatic rings. The topological polar surface area (TPSA) is 77.4 Å². The Balaban J connectivity index is 2.13. The van der Waals surface area contributed by atoms with Crippen molar-refractivity contribution in [2.75, 3.05) is 5.43 Å². The number of hydrogen-bond acceptors (Lipinski definition) is 5. The van der Waals surface area contributed by atoms with Crippen molar-refractivity contribution in [2.24, 2.45) is 5.10 Å². The maximum absolute atomic E-state index is 10.7. The molecule has 0 fully saturated rings. The molecule has 0 atom stereocenters. The average Bonchev–Trinajstić information content (AvgIpc) is 2.42. The smallest absolute Gasteiger partial charge is 0.0754 e. The van der Waals surface area contributed by atoms with Crippen LogP contribution in [0.25, 0.3) is 0 Å². The van der Waals surface area contributed by atoms with E-state index in [9.17, 15) is 9.90 Å². The van der Waals surface area contributed by atoms with E-state index in [0.29, 0.717) is 10.7 Å². The number of carbonyl (C=O) groups is 1. The second kappa shape index (κ2) is 5.97. The molecular weight excluding hydrogens is 266 g/mol. The van der Waals surface area contributed by atoms with Gasteiger partial charge in [0.15, 0.2) is 0 Å². The molecule has 0 aliphatic carbocycles. The van der Waals surface area contributed by atoms with Gasteiger partial charge in [0.25, 0.3) is 0 Å². The van der Waals surface area contributed by atoms with Gasteiger partial charge in [0.05, 0.1) is 22.9 Å². The number of halogens is 1. The Hall–Kier alpha value is -2.40. The van der Waals surface area contributed by atoms with Crippen molar-refractivity contribution in [3.8, 4) is 0 Å². The van der Waals surface area contributed by atoms with Gasteiger partial charge in [-0.25, -0.2) is 0 Å². The molecule has 0 aliphatic rings. The maximum atomic E-state index is 10.7. The summed E-state index contributed by atoms with van der Waals surface area (Å²) in [6, 6.07) is 7.77. The van der Waals surface area contributed by atoms with E-state index in [2.05, 4.69) is 15.5 Å². The summed E-state index contributed by atoms with van der Waals surface area (Å²) in [5, 5.41) is 15.1. The van der Waals surface area contributed by atoms with Crippen molar-refractivity contribution >= 4 is 29.5 Å². The van der Waals surface area contributed by atoms with Crippen LogP contribution in [-0.4, -0.2) is 17.2 Å². The Kier molecular flexibility index (Phi) is 4.10. The van der Waals surface area contributed by atoms with Gasteiger partial charge in [-0.3, -0.25) is 10.4 Å². The second-order valence-electron chi connectivity index (χ2n) is 3.63. The van der Waals surface area contributed by atoms with E-state index in [0.717, 1.165) is 5.56 Å². The van der Waals surface area contributed by atoms with Crippen molar-refractivity contribution in [1.29, 1.82) is 0 Å². The molecule has 0 radical (unpaired) electrons. The molecule has 2 rings (SSSR count). The van der Waals surface area contributed by atoms with Crippen molar-refractivity contribution in [2.45, 2.75) is 0 Å². The zero-order chi connectivity index (χ0) is 13.7. The maximum Gasteiger partial charge on any atom is 0.0754 e. The highest BCUT2D eigenvalue weighted by molar-refractivity contribution is 6.33. The lowest BCUT2D eigenvalue weighted by atomic mass is 10.2. The van der Waals surface area contributed by atoms with Crippen molar-refractivity contribution in [3.05, 3.63) is 58.9 Å². The number of hydrazone groups is 1. The molecule has 0 unspecified atom stereocenters. The number of pyridine rings is 1. The number of anilines is 1. The van der Waals surface area contributed by atoms with Crippen LogP contribution >= 0.6 is 11.6 Å². The fourth-order valence-electron chi connectivity index (χ4n) is 1.36. The molecule has 1 heterocycles. The first kappa shape index (κ1) is 13.0. The molecule has 1 N–H and O–H groups in total. The fourth-order valence-corrected chi connectivity index (χ4v) is 1.52. The highest BCUT2D eigenvalue weighted by atomic mass is 35.5. The number of carboxylic acids is 1. The number of aromatic nitrogens is 1. The number of benzene rings is 1. The van der Waals surface area contributed by atoms with Crippen molar-refractivity contribution < 1.29 is 9.90 Å². The van der Waals surface area contributed by atoms with Crippen LogP contribution in [0.4, 0.5) is 5.69 Å². The Morgan fingerprint density at radius 3 is 2.74 bits per heavy atom. The summed E-state index contributed by atoms with van der Waals surface area (Å²) in [6.07, 6.45) is 4.86. The standard InChI is InChI=1S/C13H10ClN3O2/c14-11-2-1-10(13(18)19)7-12(11)17-16-8-9-3-5-15-6-4-9/h1-8,17H,(H,18,19)/p-1/b16-8-. The zero-order valence-electron chi connectivity index (χ0n) is 9.71. The summed E-state index contributed by atoms with van der Waals surface area (Å²) in [7, 11) is 0. The monoisotopic (exact) mass is 274 g/mol. The number of nitrogens with zero attached hydrogens (tertiary/aromatic N) is 2. The largest absolute Gasteiger partial charge is 0.545 e. The summed E-state index contributed by atoms with van der Waals surface area (Å²) < 4.78 is 0. The second-order valence-corrected chi connectivity index (χ2v) is 4.04. The minimum Gasteiger partial charge on any atom is -0.545 e. The Morgan fingerprint density at radius 1 is 1.32 bits per heavy atom. The number of carboxylic acid groups (broad SMARTS) is 1. The Bertz CT molecular complexity index is 615. The number of aromatic carboxylic acids is 1. The first-order valence-corrected chi connectivity index (χ1v) is 5.74. The number of rotatable bonds is 4. The summed E-state index contributed by atoms with van der Waals surface area (Å²) in [6.45, 7) is 0. The molecule has 96 valence electrons. The van der Waals surface area contributed by atoms with Gasteiger partial charge in [-0.05, 0) is 35.4 Å². The van der Waals surface area contributed by atoms with Gasteiger partial charge in [0, 0.05) is 12.4 Å². The zero-order valence-corrected chi connectivity index (χ0v) is 10.5. The van der Waals surface area contributed by atoms with Crippen molar-refractivity contribution in [1.82, 2.24) is 4.98 Å². The molecule has 1 aromatic heterocycles. The molecule has 19 heavy (non-hydrogen) atoms. The SMILES string of the molecule is O=C([O-])c1ccc(Cl)c(N/N=C\c2ccncc2)c1. The van der Waals surface area contributed by atoms with Crippen LogP contribution in [0.5, 0.6) is 0 Å². The van der Waals surface area contributed by atoms with Gasteiger partial charge in [0.1, 0.15) is 0 Å². The third-order valence-electron chi connectivity index (χ3n) is 2.31. The predicted octanol–water partition coefficient (Wildman–Crippen LogP) is 1.54. The number of nitrogens with one attached hydrogen (secondary N) is 1. The Morgan fingerprint density at radius 2 is 2.05 bits per heavy atom. The van der Waals surface area contributed by atoms with E-state index in [1.54, 1.807) is 30.7 Å². The minimum absolute atomic E-state index is 0.0333. The normalized spacial score (nSPS) is 10.6. The molecule has 5 nitrogen and oxygen atoms in total. The van der Waals surface area contributed by atoms with E-state index in [4.69, 9.17) is 11.6 Å². The van der Waals surface area contributed by atoms with Crippen molar-refractivity contribution in [3.63, 3.8) is 0 Å². The van der Waals surface area contributed by atoms with E-state index in [1.807, 2.05) is 0 Å². The van der Waals surface area contributed by atoms with Gasteiger partial charge in [-0.1, -0.05) is 17.7 Å². The van der Waals surface area contributed by atoms with Crippen LogP contribution in [0, 0.1) is 0 Å². The molecule has 0 spiro atoms. The van der Waals surface area contributed by atoms with E-state index < -0.39 is 5.97 Å². The van der Waals surface area contributed by atoms with Gasteiger partial charge >= 0.3 is 0 Å². The number of carbonyl (C=O) groups excluding carboxylic acids is 1. The lowest BCUT2D eigenvalue weighted by molar-refractivity contribution is -0.255. The summed E-state index contributed by atoms with van der Waals surface area (Å²) in [4.78, 5) is 14.6. The quantitative estimate of drug-likeness (QED) is 0.678. The first-order chi connectivity index (χ1) is 9.16. The average molecular weight is 275 g/mol. The Labute approximate surface area is 114 Å². The highest BCUT2D eigenvalue weighted by Crippen LogP contribution is 2.22. The van der Waals surface area contributed by atoms with Crippen LogP contribution in [0.1, 0.15) is 15.9 Å². The molecular formula is C13H9ClN3O2-. The molecule has 0 bridgehead atoms. The van der Waals surface area contributed by atoms with Crippen LogP contribution in [0.3, 0.4) is 0 Å². The van der Waals surface area contributed by atoms with Gasteiger partial charge in [-0.2, -0.15) is 5.10 Å². The van der Waals surface area contributed by atoms with Gasteiger partial charge in [-0.15, -0.1) is 0 Å². The van der Waals surface area contributed by atoms with Crippen LogP contribution in [0.2, 0.25) is 5.02 Å². The number of hydrogen-bond donors (Lipinski definition) is 1. The van der Waals surface area contributed by atoms with Gasteiger partial charge < -0.3 is 9.90 Å². The predicted molar refractivity (Wildman–Crippen MR) is 71.2 cm³/mol. The highest BCUT2D eigenvalue weighted by Gasteiger charge is 2.01. The fraction of sp³-hybridized carbons (Fsp3) is 0.